The molecule has 5 rings (SSSR count). The molecule has 0 amide bonds. The highest BCUT2D eigenvalue weighted by atomic mass is 19.1. The lowest BCUT2D eigenvalue weighted by Crippen LogP contribution is -2.53. The minimum atomic E-state index is -1.52. The molecule has 1 saturated heterocycles. The van der Waals surface area contributed by atoms with Crippen LogP contribution in [-0.2, 0) is 6.42 Å². The predicted octanol–water partition coefficient (Wildman–Crippen LogP) is 6.73. The predicted molar refractivity (Wildman–Crippen MR) is 142 cm³/mol. The van der Waals surface area contributed by atoms with Crippen LogP contribution in [0.1, 0.15) is 62.9 Å². The monoisotopic (exact) mass is 531 g/mol. The Morgan fingerprint density at radius 2 is 1.82 bits per heavy atom. The Morgan fingerprint density at radius 1 is 1.05 bits per heavy atom. The number of unbranched alkanes of at least 4 members (excludes halogenated alkanes) is 2. The Labute approximate surface area is 222 Å². The van der Waals surface area contributed by atoms with E-state index in [1.807, 2.05) is 36.1 Å². The average molecular weight is 532 g/mol. The highest BCUT2D eigenvalue weighted by molar-refractivity contribution is 5.85. The zero-order valence-corrected chi connectivity index (χ0v) is 22.4. The van der Waals surface area contributed by atoms with Crippen LogP contribution in [0, 0.1) is 11.6 Å². The van der Waals surface area contributed by atoms with Crippen molar-refractivity contribution in [1.29, 1.82) is 0 Å². The van der Waals surface area contributed by atoms with E-state index in [0.717, 1.165) is 47.6 Å². The standard InChI is InChI=1S/C30H37F4N3O/c1-19-13-22-21-9-5-6-10-26(21)35-28(22)29(37(19)18-30(2,3)34)23-14-25(33)27(15-24(23)32)38-20-16-36(17-20)12-8-4-7-11-31/h5-6,9-10,14-15,19-20,29,35H,4,7-8,11-13,16-18H2,1-3H3/t19-,29-/m1/s1. The number of ether oxygens (including phenoxy) is 1. The Hall–Kier alpha value is -2.58. The molecule has 1 aromatic heterocycles. The molecule has 0 aliphatic carbocycles. The fourth-order valence-electron chi connectivity index (χ4n) is 5.93. The van der Waals surface area contributed by atoms with Crippen molar-refractivity contribution in [3.8, 4) is 5.75 Å². The highest BCUT2D eigenvalue weighted by Crippen LogP contribution is 2.43. The topological polar surface area (TPSA) is 31.5 Å². The van der Waals surface area contributed by atoms with Crippen LogP contribution < -0.4 is 4.74 Å². The van der Waals surface area contributed by atoms with E-state index in [2.05, 4.69) is 9.88 Å². The number of halogens is 4. The molecule has 0 bridgehead atoms. The molecule has 1 N–H and O–H groups in total. The van der Waals surface area contributed by atoms with E-state index in [9.17, 15) is 8.78 Å². The summed E-state index contributed by atoms with van der Waals surface area (Å²) in [4.78, 5) is 7.53. The van der Waals surface area contributed by atoms with Gasteiger partial charge in [-0.2, -0.15) is 0 Å². The normalized spacial score (nSPS) is 21.0. The van der Waals surface area contributed by atoms with Gasteiger partial charge in [-0.25, -0.2) is 13.2 Å². The third-order valence-electron chi connectivity index (χ3n) is 7.75. The lowest BCUT2D eigenvalue weighted by atomic mass is 9.87. The van der Waals surface area contributed by atoms with Gasteiger partial charge in [0.25, 0.3) is 0 Å². The molecule has 1 fully saturated rings. The van der Waals surface area contributed by atoms with Crippen LogP contribution >= 0.6 is 0 Å². The molecule has 38 heavy (non-hydrogen) atoms. The number of aromatic nitrogens is 1. The molecule has 0 unspecified atom stereocenters. The molecule has 2 aliphatic heterocycles. The molecule has 4 nitrogen and oxygen atoms in total. The first kappa shape index (κ1) is 27.0. The van der Waals surface area contributed by atoms with E-state index in [1.54, 1.807) is 0 Å². The Bertz CT molecular complexity index is 1260. The Kier molecular flexibility index (Phi) is 7.74. The maximum absolute atomic E-state index is 15.8. The van der Waals surface area contributed by atoms with E-state index < -0.39 is 23.3 Å². The van der Waals surface area contributed by atoms with Crippen molar-refractivity contribution in [3.05, 3.63) is 64.9 Å². The summed E-state index contributed by atoms with van der Waals surface area (Å²) in [6.45, 7) is 6.93. The number of hydrogen-bond donors (Lipinski definition) is 1. The fraction of sp³-hybridized carbons (Fsp3) is 0.533. The SMILES string of the molecule is C[C@@H]1Cc2c([nH]c3ccccc23)[C@@H](c2cc(F)c(OC3CN(CCCCCF)C3)cc2F)N1CC(C)(C)F. The quantitative estimate of drug-likeness (QED) is 0.232. The van der Waals surface area contributed by atoms with Gasteiger partial charge in [-0.1, -0.05) is 18.2 Å². The van der Waals surface area contributed by atoms with Crippen LogP contribution in [0.15, 0.2) is 36.4 Å². The average Bonchev–Trinajstić information content (AvgIpc) is 3.19. The van der Waals surface area contributed by atoms with E-state index in [1.165, 1.54) is 19.9 Å². The maximum atomic E-state index is 15.8. The van der Waals surface area contributed by atoms with Crippen LogP contribution in [0.4, 0.5) is 17.6 Å². The molecule has 0 radical (unpaired) electrons. The van der Waals surface area contributed by atoms with E-state index in [4.69, 9.17) is 4.74 Å². The number of likely N-dealkylation sites (tertiary alicyclic amines) is 1. The summed E-state index contributed by atoms with van der Waals surface area (Å²) >= 11 is 0. The van der Waals surface area contributed by atoms with Crippen molar-refractivity contribution in [2.24, 2.45) is 0 Å². The molecule has 3 aromatic rings. The molecular weight excluding hydrogens is 494 g/mol. The molecular formula is C30H37F4N3O. The number of benzene rings is 2. The van der Waals surface area contributed by atoms with Crippen molar-refractivity contribution in [2.75, 3.05) is 32.9 Å². The largest absolute Gasteiger partial charge is 0.485 e. The molecule has 3 heterocycles. The summed E-state index contributed by atoms with van der Waals surface area (Å²) in [5.41, 5.74) is 1.42. The second-order valence-corrected chi connectivity index (χ2v) is 11.5. The van der Waals surface area contributed by atoms with Crippen molar-refractivity contribution in [1.82, 2.24) is 14.8 Å². The number of nitrogens with one attached hydrogen (secondary N) is 1. The number of alkyl halides is 2. The summed E-state index contributed by atoms with van der Waals surface area (Å²) < 4.78 is 64.1. The van der Waals surface area contributed by atoms with Gasteiger partial charge in [-0.05, 0) is 70.7 Å². The van der Waals surface area contributed by atoms with Gasteiger partial charge < -0.3 is 9.72 Å². The lowest BCUT2D eigenvalue weighted by molar-refractivity contribution is 0.0164. The second kappa shape index (κ2) is 10.9. The number of hydrogen-bond acceptors (Lipinski definition) is 3. The van der Waals surface area contributed by atoms with Crippen molar-refractivity contribution in [2.45, 2.75) is 70.3 Å². The van der Waals surface area contributed by atoms with Gasteiger partial charge in [-0.3, -0.25) is 14.2 Å². The number of aromatic amines is 1. The van der Waals surface area contributed by atoms with E-state index in [-0.39, 0.29) is 36.7 Å². The van der Waals surface area contributed by atoms with E-state index >= 15 is 8.78 Å². The molecule has 206 valence electrons. The van der Waals surface area contributed by atoms with Crippen LogP contribution in [0.25, 0.3) is 10.9 Å². The number of nitrogens with zero attached hydrogens (tertiary/aromatic N) is 2. The van der Waals surface area contributed by atoms with Gasteiger partial charge >= 0.3 is 0 Å². The molecule has 2 atom stereocenters. The molecule has 0 saturated carbocycles. The zero-order valence-electron chi connectivity index (χ0n) is 22.4. The molecule has 2 aliphatic rings. The number of fused-ring (bicyclic) bond motifs is 3. The van der Waals surface area contributed by atoms with Gasteiger partial charge in [0.05, 0.1) is 12.7 Å². The van der Waals surface area contributed by atoms with Gasteiger partial charge in [0.1, 0.15) is 17.6 Å². The van der Waals surface area contributed by atoms with Crippen LogP contribution in [0.3, 0.4) is 0 Å². The summed E-state index contributed by atoms with van der Waals surface area (Å²) in [6, 6.07) is 9.50. The lowest BCUT2D eigenvalue weighted by Gasteiger charge is -2.43. The first-order valence-electron chi connectivity index (χ1n) is 13.6. The summed E-state index contributed by atoms with van der Waals surface area (Å²) in [7, 11) is 0. The first-order chi connectivity index (χ1) is 18.1. The van der Waals surface area contributed by atoms with Crippen LogP contribution in [0.2, 0.25) is 0 Å². The van der Waals surface area contributed by atoms with Gasteiger partial charge in [0, 0.05) is 53.9 Å². The summed E-state index contributed by atoms with van der Waals surface area (Å²) in [6.07, 6.45) is 2.80. The summed E-state index contributed by atoms with van der Waals surface area (Å²) in [5, 5.41) is 1.05. The van der Waals surface area contributed by atoms with Crippen LogP contribution in [-0.4, -0.2) is 65.5 Å². The Balaban J connectivity index is 1.41. The van der Waals surface area contributed by atoms with Crippen molar-refractivity contribution < 1.29 is 22.3 Å². The molecule has 8 heteroatoms. The van der Waals surface area contributed by atoms with Crippen LogP contribution in [0.5, 0.6) is 5.75 Å². The van der Waals surface area contributed by atoms with Crippen molar-refractivity contribution in [3.63, 3.8) is 0 Å². The fourth-order valence-corrected chi connectivity index (χ4v) is 5.93. The minimum Gasteiger partial charge on any atom is -0.485 e. The van der Waals surface area contributed by atoms with Crippen molar-refractivity contribution >= 4 is 10.9 Å². The number of H-pyrrole nitrogens is 1. The third kappa shape index (κ3) is 5.57. The number of rotatable bonds is 10. The second-order valence-electron chi connectivity index (χ2n) is 11.5. The number of para-hydroxylation sites is 1. The smallest absolute Gasteiger partial charge is 0.165 e. The third-order valence-corrected chi connectivity index (χ3v) is 7.75. The molecule has 2 aromatic carbocycles. The summed E-state index contributed by atoms with van der Waals surface area (Å²) in [5.74, 6) is -1.31. The Morgan fingerprint density at radius 3 is 2.55 bits per heavy atom. The van der Waals surface area contributed by atoms with E-state index in [0.29, 0.717) is 25.9 Å². The van der Waals surface area contributed by atoms with Gasteiger partial charge in [0.15, 0.2) is 11.6 Å². The van der Waals surface area contributed by atoms with Gasteiger partial charge in [0.2, 0.25) is 0 Å². The maximum Gasteiger partial charge on any atom is 0.165 e. The molecule has 0 spiro atoms. The minimum absolute atomic E-state index is 0.0778. The van der Waals surface area contributed by atoms with Gasteiger partial charge in [-0.15, -0.1) is 0 Å². The first-order valence-corrected chi connectivity index (χ1v) is 13.6. The highest BCUT2D eigenvalue weighted by Gasteiger charge is 2.40. The zero-order chi connectivity index (χ0) is 27.0.